The van der Waals surface area contributed by atoms with Gasteiger partial charge in [-0.2, -0.15) is 0 Å². The highest BCUT2D eigenvalue weighted by Gasteiger charge is 2.23. The highest BCUT2D eigenvalue weighted by atomic mass is 16.5. The quantitative estimate of drug-likeness (QED) is 0.557. The van der Waals surface area contributed by atoms with E-state index in [2.05, 4.69) is 47.9 Å². The SMILES string of the molecule is COc1ccc(-c2nc3n(c2C)-c2ccccc2C3)cc1. The maximum atomic E-state index is 5.22. The van der Waals surface area contributed by atoms with E-state index in [1.54, 1.807) is 7.11 Å². The lowest BCUT2D eigenvalue weighted by Crippen LogP contribution is -1.94. The Morgan fingerprint density at radius 2 is 1.81 bits per heavy atom. The summed E-state index contributed by atoms with van der Waals surface area (Å²) < 4.78 is 7.49. The van der Waals surface area contributed by atoms with Crippen molar-refractivity contribution in [3.8, 4) is 22.7 Å². The van der Waals surface area contributed by atoms with Gasteiger partial charge in [-0.15, -0.1) is 0 Å². The van der Waals surface area contributed by atoms with Crippen molar-refractivity contribution in [3.63, 3.8) is 0 Å². The predicted octanol–water partition coefficient (Wildman–Crippen LogP) is 3.76. The van der Waals surface area contributed by atoms with E-state index in [-0.39, 0.29) is 0 Å². The molecular weight excluding hydrogens is 260 g/mol. The molecule has 2 aromatic carbocycles. The van der Waals surface area contributed by atoms with Crippen LogP contribution in [-0.4, -0.2) is 16.7 Å². The number of ether oxygens (including phenoxy) is 1. The molecule has 0 fully saturated rings. The normalized spacial score (nSPS) is 12.1. The highest BCUT2D eigenvalue weighted by molar-refractivity contribution is 5.66. The van der Waals surface area contributed by atoms with Gasteiger partial charge >= 0.3 is 0 Å². The highest BCUT2D eigenvalue weighted by Crippen LogP contribution is 2.34. The van der Waals surface area contributed by atoms with E-state index in [1.807, 2.05) is 12.1 Å². The van der Waals surface area contributed by atoms with Gasteiger partial charge in [0.2, 0.25) is 0 Å². The molecule has 0 N–H and O–H groups in total. The number of hydrogen-bond donors (Lipinski definition) is 0. The van der Waals surface area contributed by atoms with Gasteiger partial charge < -0.3 is 4.74 Å². The Hall–Kier alpha value is -2.55. The van der Waals surface area contributed by atoms with Crippen LogP contribution in [0.3, 0.4) is 0 Å². The lowest BCUT2D eigenvalue weighted by molar-refractivity contribution is 0.415. The van der Waals surface area contributed by atoms with E-state index in [0.29, 0.717) is 0 Å². The fourth-order valence-corrected chi connectivity index (χ4v) is 3.07. The van der Waals surface area contributed by atoms with Gasteiger partial charge in [-0.1, -0.05) is 18.2 Å². The summed E-state index contributed by atoms with van der Waals surface area (Å²) >= 11 is 0. The molecule has 3 aromatic rings. The Labute approximate surface area is 123 Å². The molecule has 3 nitrogen and oxygen atoms in total. The van der Waals surface area contributed by atoms with Crippen LogP contribution in [0.5, 0.6) is 5.75 Å². The summed E-state index contributed by atoms with van der Waals surface area (Å²) in [7, 11) is 1.68. The van der Waals surface area contributed by atoms with Crippen LogP contribution in [0.25, 0.3) is 16.9 Å². The first kappa shape index (κ1) is 12.2. The van der Waals surface area contributed by atoms with Crippen molar-refractivity contribution >= 4 is 0 Å². The van der Waals surface area contributed by atoms with Crippen LogP contribution in [0.1, 0.15) is 17.1 Å². The first-order valence-corrected chi connectivity index (χ1v) is 7.09. The third-order valence-electron chi connectivity index (χ3n) is 4.12. The van der Waals surface area contributed by atoms with Crippen LogP contribution >= 0.6 is 0 Å². The van der Waals surface area contributed by atoms with Gasteiger partial charge in [-0.3, -0.25) is 4.57 Å². The molecule has 0 radical (unpaired) electrons. The summed E-state index contributed by atoms with van der Waals surface area (Å²) in [4.78, 5) is 4.85. The Morgan fingerprint density at radius 3 is 2.57 bits per heavy atom. The molecule has 0 aliphatic carbocycles. The lowest BCUT2D eigenvalue weighted by Gasteiger charge is -2.06. The minimum atomic E-state index is 0.869. The molecule has 0 saturated heterocycles. The molecule has 0 amide bonds. The van der Waals surface area contributed by atoms with Crippen LogP contribution in [0.4, 0.5) is 0 Å². The summed E-state index contributed by atoms with van der Waals surface area (Å²) in [6, 6.07) is 16.6. The number of nitrogens with zero attached hydrogens (tertiary/aromatic N) is 2. The lowest BCUT2D eigenvalue weighted by atomic mass is 10.1. The first-order valence-electron chi connectivity index (χ1n) is 7.09. The summed E-state index contributed by atoms with van der Waals surface area (Å²) in [5.74, 6) is 1.99. The maximum Gasteiger partial charge on any atom is 0.118 e. The zero-order valence-electron chi connectivity index (χ0n) is 12.1. The number of fused-ring (bicyclic) bond motifs is 3. The van der Waals surface area contributed by atoms with Gasteiger partial charge in [0.15, 0.2) is 0 Å². The number of imidazole rings is 1. The summed E-state index contributed by atoms with van der Waals surface area (Å²) in [5, 5.41) is 0. The van der Waals surface area contributed by atoms with E-state index >= 15 is 0 Å². The molecular formula is C18H16N2O. The van der Waals surface area contributed by atoms with Crippen LogP contribution in [0, 0.1) is 6.92 Å². The van der Waals surface area contributed by atoms with Crippen LogP contribution < -0.4 is 4.74 Å². The van der Waals surface area contributed by atoms with Gasteiger partial charge in [-0.25, -0.2) is 4.98 Å². The van der Waals surface area contributed by atoms with Crippen molar-refractivity contribution in [2.45, 2.75) is 13.3 Å². The fraction of sp³-hybridized carbons (Fsp3) is 0.167. The zero-order valence-corrected chi connectivity index (χ0v) is 12.1. The van der Waals surface area contributed by atoms with E-state index in [1.165, 1.54) is 16.9 Å². The average molecular weight is 276 g/mol. The number of hydrogen-bond acceptors (Lipinski definition) is 2. The third-order valence-corrected chi connectivity index (χ3v) is 4.12. The standard InChI is InChI=1S/C18H16N2O/c1-12-18(13-7-9-15(21-2)10-8-13)19-17-11-14-5-3-4-6-16(14)20(12)17/h3-10H,11H2,1-2H3. The minimum absolute atomic E-state index is 0.869. The average Bonchev–Trinajstić information content (AvgIpc) is 3.04. The number of aromatic nitrogens is 2. The predicted molar refractivity (Wildman–Crippen MR) is 83.1 cm³/mol. The van der Waals surface area contributed by atoms with Gasteiger partial charge in [0, 0.05) is 17.7 Å². The molecule has 1 aliphatic heterocycles. The Morgan fingerprint density at radius 1 is 1.05 bits per heavy atom. The first-order chi connectivity index (χ1) is 10.3. The Kier molecular flexibility index (Phi) is 2.61. The summed E-state index contributed by atoms with van der Waals surface area (Å²) in [5.41, 5.74) is 6.00. The molecule has 0 saturated carbocycles. The van der Waals surface area contributed by atoms with E-state index < -0.39 is 0 Å². The molecule has 2 heterocycles. The molecule has 0 spiro atoms. The number of benzene rings is 2. The number of para-hydroxylation sites is 1. The topological polar surface area (TPSA) is 27.1 Å². The molecule has 1 aliphatic rings. The van der Waals surface area contributed by atoms with E-state index in [0.717, 1.165) is 29.3 Å². The summed E-state index contributed by atoms with van der Waals surface area (Å²) in [6.07, 6.45) is 0.910. The van der Waals surface area contributed by atoms with Crippen LogP contribution in [0.2, 0.25) is 0 Å². The molecule has 104 valence electrons. The number of rotatable bonds is 2. The zero-order chi connectivity index (χ0) is 14.4. The minimum Gasteiger partial charge on any atom is -0.497 e. The second-order valence-corrected chi connectivity index (χ2v) is 5.33. The van der Waals surface area contributed by atoms with E-state index in [9.17, 15) is 0 Å². The second kappa shape index (κ2) is 4.48. The Balaban J connectivity index is 1.84. The van der Waals surface area contributed by atoms with E-state index in [4.69, 9.17) is 9.72 Å². The van der Waals surface area contributed by atoms with Gasteiger partial charge in [0.25, 0.3) is 0 Å². The second-order valence-electron chi connectivity index (χ2n) is 5.33. The fourth-order valence-electron chi connectivity index (χ4n) is 3.07. The Bertz CT molecular complexity index is 816. The molecule has 0 atom stereocenters. The van der Waals surface area contributed by atoms with Crippen molar-refractivity contribution in [3.05, 3.63) is 65.6 Å². The van der Waals surface area contributed by atoms with Crippen LogP contribution in [0.15, 0.2) is 48.5 Å². The molecule has 3 heteroatoms. The molecule has 21 heavy (non-hydrogen) atoms. The largest absolute Gasteiger partial charge is 0.497 e. The molecule has 0 bridgehead atoms. The summed E-state index contributed by atoms with van der Waals surface area (Å²) in [6.45, 7) is 2.14. The monoisotopic (exact) mass is 276 g/mol. The molecule has 0 unspecified atom stereocenters. The smallest absolute Gasteiger partial charge is 0.118 e. The van der Waals surface area contributed by atoms with Crippen molar-refractivity contribution in [2.24, 2.45) is 0 Å². The van der Waals surface area contributed by atoms with Gasteiger partial charge in [0.1, 0.15) is 11.6 Å². The number of methoxy groups -OCH3 is 1. The molecule has 4 rings (SSSR count). The van der Waals surface area contributed by atoms with Crippen molar-refractivity contribution in [1.82, 2.24) is 9.55 Å². The van der Waals surface area contributed by atoms with Crippen molar-refractivity contribution in [2.75, 3.05) is 7.11 Å². The van der Waals surface area contributed by atoms with Crippen molar-refractivity contribution in [1.29, 1.82) is 0 Å². The van der Waals surface area contributed by atoms with Gasteiger partial charge in [-0.05, 0) is 42.8 Å². The van der Waals surface area contributed by atoms with Gasteiger partial charge in [0.05, 0.1) is 18.5 Å². The molecule has 1 aromatic heterocycles. The maximum absolute atomic E-state index is 5.22. The van der Waals surface area contributed by atoms with Crippen molar-refractivity contribution < 1.29 is 4.74 Å². The third kappa shape index (κ3) is 1.77. The van der Waals surface area contributed by atoms with Crippen LogP contribution in [-0.2, 0) is 6.42 Å².